The predicted molar refractivity (Wildman–Crippen MR) is 65.4 cm³/mol. The number of hydrogen-bond acceptors (Lipinski definition) is 1. The van der Waals surface area contributed by atoms with Crippen LogP contribution in [0.2, 0.25) is 5.02 Å². The van der Waals surface area contributed by atoms with Crippen LogP contribution in [0.3, 0.4) is 0 Å². The first-order valence-corrected chi connectivity index (χ1v) is 5.95. The van der Waals surface area contributed by atoms with Gasteiger partial charge in [-0.25, -0.2) is 0 Å². The van der Waals surface area contributed by atoms with Crippen LogP contribution in [0.1, 0.15) is 56.8 Å². The van der Waals surface area contributed by atoms with Gasteiger partial charge in [0.25, 0.3) is 0 Å². The van der Waals surface area contributed by atoms with Crippen LogP contribution in [0.5, 0.6) is 0 Å². The summed E-state index contributed by atoms with van der Waals surface area (Å²) in [5.74, 6) is 0.528. The van der Waals surface area contributed by atoms with Gasteiger partial charge in [-0.05, 0) is 42.9 Å². The third-order valence-corrected chi connectivity index (χ3v) is 3.26. The molecule has 0 saturated carbocycles. The molecule has 0 bridgehead atoms. The van der Waals surface area contributed by atoms with Gasteiger partial charge in [0.2, 0.25) is 0 Å². The fraction of sp³-hybridized carbons (Fsp3) is 0.538. The molecule has 0 heterocycles. The predicted octanol–water partition coefficient (Wildman–Crippen LogP) is 4.30. The molecule has 1 atom stereocenters. The van der Waals surface area contributed by atoms with Crippen LogP contribution in [-0.4, -0.2) is 5.11 Å². The summed E-state index contributed by atoms with van der Waals surface area (Å²) < 4.78 is 0. The maximum Gasteiger partial charge on any atom is 0.0762 e. The Morgan fingerprint density at radius 1 is 1.27 bits per heavy atom. The van der Waals surface area contributed by atoms with Gasteiger partial charge in [-0.2, -0.15) is 0 Å². The van der Waals surface area contributed by atoms with E-state index >= 15 is 0 Å². The first kappa shape index (κ1) is 12.5. The Labute approximate surface area is 97.1 Å². The van der Waals surface area contributed by atoms with Crippen molar-refractivity contribution in [1.82, 2.24) is 0 Å². The highest BCUT2D eigenvalue weighted by atomic mass is 35.5. The Bertz CT molecular complexity index is 316. The molecule has 1 rings (SSSR count). The number of aliphatic hydroxyl groups is 1. The summed E-state index contributed by atoms with van der Waals surface area (Å²) in [4.78, 5) is 0. The van der Waals surface area contributed by atoms with E-state index in [2.05, 4.69) is 13.8 Å². The number of aliphatic hydroxyl groups excluding tert-OH is 1. The van der Waals surface area contributed by atoms with Crippen LogP contribution in [-0.2, 0) is 0 Å². The van der Waals surface area contributed by atoms with Crippen LogP contribution in [0.15, 0.2) is 18.2 Å². The van der Waals surface area contributed by atoms with Gasteiger partial charge in [0.05, 0.1) is 6.10 Å². The normalized spacial score (nSPS) is 13.2. The van der Waals surface area contributed by atoms with Crippen LogP contribution in [0.4, 0.5) is 0 Å². The molecular weight excluding hydrogens is 208 g/mol. The molecule has 2 heteroatoms. The second kappa shape index (κ2) is 5.53. The highest BCUT2D eigenvalue weighted by Gasteiger charge is 2.12. The average molecular weight is 227 g/mol. The van der Waals surface area contributed by atoms with Crippen molar-refractivity contribution in [3.8, 4) is 0 Å². The Hall–Kier alpha value is -0.530. The van der Waals surface area contributed by atoms with Gasteiger partial charge in [-0.15, -0.1) is 0 Å². The SMILES string of the molecule is CCC(CC)c1ccc(C(C)O)cc1Cl. The van der Waals surface area contributed by atoms with Crippen molar-refractivity contribution < 1.29 is 5.11 Å². The van der Waals surface area contributed by atoms with Crippen LogP contribution in [0, 0.1) is 0 Å². The quantitative estimate of drug-likeness (QED) is 0.812. The summed E-state index contributed by atoms with van der Waals surface area (Å²) in [6.07, 6.45) is 1.76. The third kappa shape index (κ3) is 2.96. The zero-order valence-corrected chi connectivity index (χ0v) is 10.4. The van der Waals surface area contributed by atoms with Gasteiger partial charge in [0.1, 0.15) is 0 Å². The largest absolute Gasteiger partial charge is 0.389 e. The standard InChI is InChI=1S/C13H19ClO/c1-4-10(5-2)12-7-6-11(9(3)15)8-13(12)14/h6-10,15H,4-5H2,1-3H3. The summed E-state index contributed by atoms with van der Waals surface area (Å²) in [6.45, 7) is 6.10. The minimum Gasteiger partial charge on any atom is -0.389 e. The third-order valence-electron chi connectivity index (χ3n) is 2.93. The number of rotatable bonds is 4. The first-order valence-electron chi connectivity index (χ1n) is 5.57. The summed E-state index contributed by atoms with van der Waals surface area (Å²) >= 11 is 6.21. The van der Waals surface area contributed by atoms with E-state index in [9.17, 15) is 5.11 Å². The number of halogens is 1. The highest BCUT2D eigenvalue weighted by Crippen LogP contribution is 2.31. The summed E-state index contributed by atoms with van der Waals surface area (Å²) in [5, 5.41) is 10.2. The van der Waals surface area contributed by atoms with Gasteiger partial charge in [-0.1, -0.05) is 37.6 Å². The molecule has 0 aromatic heterocycles. The van der Waals surface area contributed by atoms with Crippen molar-refractivity contribution in [2.24, 2.45) is 0 Å². The maximum atomic E-state index is 9.43. The van der Waals surface area contributed by atoms with E-state index in [0.717, 1.165) is 23.4 Å². The Morgan fingerprint density at radius 3 is 2.27 bits per heavy atom. The zero-order chi connectivity index (χ0) is 11.4. The molecule has 0 saturated heterocycles. The average Bonchev–Trinajstić information content (AvgIpc) is 2.21. The summed E-state index contributed by atoms with van der Waals surface area (Å²) in [6, 6.07) is 5.88. The van der Waals surface area contributed by atoms with Gasteiger partial charge in [-0.3, -0.25) is 0 Å². The number of hydrogen-bond donors (Lipinski definition) is 1. The van der Waals surface area contributed by atoms with E-state index in [4.69, 9.17) is 11.6 Å². The summed E-state index contributed by atoms with van der Waals surface area (Å²) in [5.41, 5.74) is 2.08. The molecule has 1 nitrogen and oxygen atoms in total. The van der Waals surface area contributed by atoms with Crippen LogP contribution < -0.4 is 0 Å². The van der Waals surface area contributed by atoms with E-state index in [1.54, 1.807) is 6.92 Å². The van der Waals surface area contributed by atoms with E-state index in [1.807, 2.05) is 18.2 Å². The minimum absolute atomic E-state index is 0.446. The highest BCUT2D eigenvalue weighted by molar-refractivity contribution is 6.31. The summed E-state index contributed by atoms with van der Waals surface area (Å²) in [7, 11) is 0. The van der Waals surface area contributed by atoms with E-state index in [1.165, 1.54) is 5.56 Å². The maximum absolute atomic E-state index is 9.43. The first-order chi connectivity index (χ1) is 7.10. The monoisotopic (exact) mass is 226 g/mol. The lowest BCUT2D eigenvalue weighted by molar-refractivity contribution is 0.199. The van der Waals surface area contributed by atoms with Crippen molar-refractivity contribution in [2.45, 2.75) is 45.6 Å². The van der Waals surface area contributed by atoms with Crippen molar-refractivity contribution in [3.05, 3.63) is 34.3 Å². The molecule has 0 radical (unpaired) electrons. The molecule has 0 spiro atoms. The number of benzene rings is 1. The van der Waals surface area contributed by atoms with Gasteiger partial charge in [0, 0.05) is 5.02 Å². The molecule has 0 amide bonds. The van der Waals surface area contributed by atoms with Crippen LogP contribution in [0.25, 0.3) is 0 Å². The van der Waals surface area contributed by atoms with E-state index in [0.29, 0.717) is 5.92 Å². The molecule has 0 aliphatic rings. The second-order valence-electron chi connectivity index (χ2n) is 3.97. The minimum atomic E-state index is -0.446. The second-order valence-corrected chi connectivity index (χ2v) is 4.38. The smallest absolute Gasteiger partial charge is 0.0762 e. The van der Waals surface area contributed by atoms with Crippen molar-refractivity contribution >= 4 is 11.6 Å². The molecule has 0 fully saturated rings. The molecule has 0 aliphatic heterocycles. The van der Waals surface area contributed by atoms with Crippen molar-refractivity contribution in [2.75, 3.05) is 0 Å². The molecule has 15 heavy (non-hydrogen) atoms. The fourth-order valence-electron chi connectivity index (χ4n) is 1.86. The topological polar surface area (TPSA) is 20.2 Å². The van der Waals surface area contributed by atoms with Gasteiger partial charge in [0.15, 0.2) is 0 Å². The molecule has 0 aliphatic carbocycles. The molecule has 1 aromatic carbocycles. The van der Waals surface area contributed by atoms with Crippen molar-refractivity contribution in [3.63, 3.8) is 0 Å². The zero-order valence-electron chi connectivity index (χ0n) is 9.63. The van der Waals surface area contributed by atoms with Crippen molar-refractivity contribution in [1.29, 1.82) is 0 Å². The Kier molecular flexibility index (Phi) is 4.62. The molecule has 1 N–H and O–H groups in total. The lowest BCUT2D eigenvalue weighted by Crippen LogP contribution is -1.98. The fourth-order valence-corrected chi connectivity index (χ4v) is 2.21. The van der Waals surface area contributed by atoms with Gasteiger partial charge >= 0.3 is 0 Å². The van der Waals surface area contributed by atoms with E-state index < -0.39 is 6.10 Å². The lowest BCUT2D eigenvalue weighted by Gasteiger charge is -2.16. The van der Waals surface area contributed by atoms with Crippen LogP contribution >= 0.6 is 11.6 Å². The van der Waals surface area contributed by atoms with Gasteiger partial charge < -0.3 is 5.11 Å². The Balaban J connectivity index is 3.02. The molecule has 1 unspecified atom stereocenters. The molecule has 84 valence electrons. The van der Waals surface area contributed by atoms with E-state index in [-0.39, 0.29) is 0 Å². The molecule has 1 aromatic rings. The Morgan fingerprint density at radius 2 is 1.87 bits per heavy atom. The lowest BCUT2D eigenvalue weighted by atomic mass is 9.92. The molecular formula is C13H19ClO.